The number of imidazole rings is 1. The van der Waals surface area contributed by atoms with Gasteiger partial charge >= 0.3 is 6.03 Å². The lowest BCUT2D eigenvalue weighted by Crippen LogP contribution is -2.52. The minimum Gasteiger partial charge on any atom is -0.365 e. The summed E-state index contributed by atoms with van der Waals surface area (Å²) in [4.78, 5) is 36.3. The van der Waals surface area contributed by atoms with Crippen LogP contribution in [0.15, 0.2) is 24.7 Å². The van der Waals surface area contributed by atoms with Gasteiger partial charge in [0, 0.05) is 51.2 Å². The second-order valence-corrected chi connectivity index (χ2v) is 6.55. The molecule has 3 heterocycles. The predicted molar refractivity (Wildman–Crippen MR) is 102 cm³/mol. The van der Waals surface area contributed by atoms with Crippen molar-refractivity contribution in [2.75, 3.05) is 37.6 Å². The Balaban J connectivity index is 1.49. The Kier molecular flexibility index (Phi) is 5.58. The minimum atomic E-state index is -0.497. The summed E-state index contributed by atoms with van der Waals surface area (Å²) >= 11 is 0. The molecule has 9 heteroatoms. The van der Waals surface area contributed by atoms with E-state index in [9.17, 15) is 9.59 Å². The number of aromatic nitrogens is 3. The molecule has 3 amide bonds. The SMILES string of the molecule is Cc1ncn(CCNC(=O)N2CCN(c3ncccc3C(N)=O)CC2)c1C. The Bertz CT molecular complexity index is 825. The molecular formula is C18H25N7O2. The van der Waals surface area contributed by atoms with Gasteiger partial charge < -0.3 is 25.4 Å². The average Bonchev–Trinajstić information content (AvgIpc) is 3.00. The van der Waals surface area contributed by atoms with Gasteiger partial charge in [-0.1, -0.05) is 0 Å². The first-order valence-electron chi connectivity index (χ1n) is 8.98. The number of piperazine rings is 1. The second kappa shape index (κ2) is 8.07. The Morgan fingerprint density at radius 3 is 2.56 bits per heavy atom. The van der Waals surface area contributed by atoms with Crippen LogP contribution in [0.3, 0.4) is 0 Å². The van der Waals surface area contributed by atoms with E-state index in [1.54, 1.807) is 29.6 Å². The Morgan fingerprint density at radius 2 is 1.93 bits per heavy atom. The maximum absolute atomic E-state index is 12.4. The Morgan fingerprint density at radius 1 is 1.19 bits per heavy atom. The third-order valence-electron chi connectivity index (χ3n) is 4.89. The van der Waals surface area contributed by atoms with Crippen LogP contribution < -0.4 is 16.0 Å². The third kappa shape index (κ3) is 4.18. The van der Waals surface area contributed by atoms with E-state index in [2.05, 4.69) is 15.3 Å². The topological polar surface area (TPSA) is 109 Å². The Hall–Kier alpha value is -3.10. The summed E-state index contributed by atoms with van der Waals surface area (Å²) < 4.78 is 2.03. The van der Waals surface area contributed by atoms with Crippen LogP contribution in [-0.2, 0) is 6.54 Å². The fraction of sp³-hybridized carbons (Fsp3) is 0.444. The number of hydrogen-bond donors (Lipinski definition) is 2. The van der Waals surface area contributed by atoms with Gasteiger partial charge in [-0.15, -0.1) is 0 Å². The van der Waals surface area contributed by atoms with Crippen LogP contribution in [0.2, 0.25) is 0 Å². The summed E-state index contributed by atoms with van der Waals surface area (Å²) in [5.41, 5.74) is 7.94. The van der Waals surface area contributed by atoms with Crippen molar-refractivity contribution in [2.45, 2.75) is 20.4 Å². The molecule has 2 aromatic rings. The molecule has 0 saturated carbocycles. The van der Waals surface area contributed by atoms with Gasteiger partial charge in [0.15, 0.2) is 0 Å². The number of carbonyl (C=O) groups excluding carboxylic acids is 2. The first-order valence-corrected chi connectivity index (χ1v) is 8.98. The van der Waals surface area contributed by atoms with E-state index in [-0.39, 0.29) is 6.03 Å². The van der Waals surface area contributed by atoms with E-state index >= 15 is 0 Å². The molecule has 0 aromatic carbocycles. The van der Waals surface area contributed by atoms with Crippen LogP contribution in [0.1, 0.15) is 21.7 Å². The van der Waals surface area contributed by atoms with Gasteiger partial charge in [-0.25, -0.2) is 14.8 Å². The number of primary amides is 1. The predicted octanol–water partition coefficient (Wildman–Crippen LogP) is 0.526. The summed E-state index contributed by atoms with van der Waals surface area (Å²) in [5, 5.41) is 2.95. The highest BCUT2D eigenvalue weighted by Crippen LogP contribution is 2.18. The largest absolute Gasteiger partial charge is 0.365 e. The van der Waals surface area contributed by atoms with Crippen LogP contribution in [0, 0.1) is 13.8 Å². The lowest BCUT2D eigenvalue weighted by Gasteiger charge is -2.35. The summed E-state index contributed by atoms with van der Waals surface area (Å²) in [5.74, 6) is 0.0827. The second-order valence-electron chi connectivity index (χ2n) is 6.55. The number of carbonyl (C=O) groups is 2. The number of urea groups is 1. The molecule has 27 heavy (non-hydrogen) atoms. The summed E-state index contributed by atoms with van der Waals surface area (Å²) in [6.07, 6.45) is 3.43. The van der Waals surface area contributed by atoms with E-state index in [0.29, 0.717) is 50.6 Å². The van der Waals surface area contributed by atoms with E-state index in [0.717, 1.165) is 11.4 Å². The molecule has 9 nitrogen and oxygen atoms in total. The molecule has 1 saturated heterocycles. The zero-order valence-corrected chi connectivity index (χ0v) is 15.7. The van der Waals surface area contributed by atoms with Crippen LogP contribution in [-0.4, -0.2) is 64.1 Å². The Labute approximate surface area is 158 Å². The molecule has 144 valence electrons. The molecule has 0 radical (unpaired) electrons. The number of nitrogens with two attached hydrogens (primary N) is 1. The van der Waals surface area contributed by atoms with Crippen molar-refractivity contribution < 1.29 is 9.59 Å². The van der Waals surface area contributed by atoms with Crippen LogP contribution in [0.4, 0.5) is 10.6 Å². The van der Waals surface area contributed by atoms with Gasteiger partial charge in [0.2, 0.25) is 0 Å². The zero-order chi connectivity index (χ0) is 19.4. The van der Waals surface area contributed by atoms with E-state index in [1.165, 1.54) is 0 Å². The first-order chi connectivity index (χ1) is 13.0. The molecule has 1 aliphatic heterocycles. The summed E-state index contributed by atoms with van der Waals surface area (Å²) in [6.45, 7) is 7.54. The van der Waals surface area contributed by atoms with E-state index in [4.69, 9.17) is 5.73 Å². The fourth-order valence-corrected chi connectivity index (χ4v) is 3.13. The monoisotopic (exact) mass is 371 g/mol. The highest BCUT2D eigenvalue weighted by Gasteiger charge is 2.24. The first kappa shape index (κ1) is 18.7. The van der Waals surface area contributed by atoms with E-state index < -0.39 is 5.91 Å². The van der Waals surface area contributed by atoms with Crippen molar-refractivity contribution in [1.29, 1.82) is 0 Å². The van der Waals surface area contributed by atoms with Crippen molar-refractivity contribution in [3.8, 4) is 0 Å². The number of amides is 3. The molecule has 2 aromatic heterocycles. The average molecular weight is 371 g/mol. The van der Waals surface area contributed by atoms with Gasteiger partial charge in [0.25, 0.3) is 5.91 Å². The van der Waals surface area contributed by atoms with Gasteiger partial charge in [-0.3, -0.25) is 4.79 Å². The van der Waals surface area contributed by atoms with Crippen molar-refractivity contribution in [3.05, 3.63) is 41.6 Å². The molecule has 0 bridgehead atoms. The molecule has 1 fully saturated rings. The van der Waals surface area contributed by atoms with Crippen molar-refractivity contribution in [3.63, 3.8) is 0 Å². The number of nitrogens with one attached hydrogen (secondary N) is 1. The number of pyridine rings is 1. The highest BCUT2D eigenvalue weighted by atomic mass is 16.2. The molecule has 1 aliphatic rings. The fourth-order valence-electron chi connectivity index (χ4n) is 3.13. The van der Waals surface area contributed by atoms with Crippen molar-refractivity contribution in [1.82, 2.24) is 24.8 Å². The molecule has 0 aliphatic carbocycles. The third-order valence-corrected chi connectivity index (χ3v) is 4.89. The maximum Gasteiger partial charge on any atom is 0.317 e. The number of hydrogen-bond acceptors (Lipinski definition) is 5. The molecule has 0 atom stereocenters. The van der Waals surface area contributed by atoms with Gasteiger partial charge in [-0.2, -0.15) is 0 Å². The van der Waals surface area contributed by atoms with Gasteiger partial charge in [0.05, 0.1) is 17.6 Å². The normalized spacial score (nSPS) is 14.3. The number of nitrogens with zero attached hydrogens (tertiary/aromatic N) is 5. The zero-order valence-electron chi connectivity index (χ0n) is 15.7. The quantitative estimate of drug-likeness (QED) is 0.797. The summed E-state index contributed by atoms with van der Waals surface area (Å²) in [6, 6.07) is 3.28. The standard InChI is InChI=1S/C18H25N7O2/c1-13-14(2)25(12-22-13)7-6-21-18(27)24-10-8-23(9-11-24)17-15(16(19)26)4-3-5-20-17/h3-5,12H,6-11H2,1-2H3,(H2,19,26)(H,21,27). The number of rotatable bonds is 5. The van der Waals surface area contributed by atoms with Crippen molar-refractivity contribution in [2.24, 2.45) is 5.73 Å². The molecule has 3 N–H and O–H groups in total. The molecule has 3 rings (SSSR count). The van der Waals surface area contributed by atoms with Crippen LogP contribution >= 0.6 is 0 Å². The van der Waals surface area contributed by atoms with Crippen LogP contribution in [0.5, 0.6) is 0 Å². The molecule has 0 spiro atoms. The van der Waals surface area contributed by atoms with Crippen molar-refractivity contribution >= 4 is 17.8 Å². The lowest BCUT2D eigenvalue weighted by atomic mass is 10.2. The smallest absolute Gasteiger partial charge is 0.317 e. The lowest BCUT2D eigenvalue weighted by molar-refractivity contribution is 0.1000. The minimum absolute atomic E-state index is 0.0831. The van der Waals surface area contributed by atoms with Crippen LogP contribution in [0.25, 0.3) is 0 Å². The number of anilines is 1. The van der Waals surface area contributed by atoms with E-state index in [1.807, 2.05) is 23.3 Å². The van der Waals surface area contributed by atoms with Gasteiger partial charge in [-0.05, 0) is 26.0 Å². The summed E-state index contributed by atoms with van der Waals surface area (Å²) in [7, 11) is 0. The number of aryl methyl sites for hydroxylation is 1. The van der Waals surface area contributed by atoms with Gasteiger partial charge in [0.1, 0.15) is 5.82 Å². The highest BCUT2D eigenvalue weighted by molar-refractivity contribution is 5.97. The maximum atomic E-state index is 12.4. The molecule has 0 unspecified atom stereocenters. The molecular weight excluding hydrogens is 346 g/mol.